The normalized spacial score (nSPS) is 17.4. The number of amides is 1. The molecular formula is C26H35N7O4S. The molecule has 3 N–H and O–H groups in total. The maximum absolute atomic E-state index is 13.4. The van der Waals surface area contributed by atoms with Crippen LogP contribution in [0.5, 0.6) is 5.75 Å². The van der Waals surface area contributed by atoms with E-state index in [9.17, 15) is 13.2 Å². The van der Waals surface area contributed by atoms with Crippen LogP contribution in [-0.2, 0) is 10.0 Å². The van der Waals surface area contributed by atoms with Crippen molar-refractivity contribution in [2.24, 2.45) is 11.3 Å². The predicted molar refractivity (Wildman–Crippen MR) is 145 cm³/mol. The molecule has 4 rings (SSSR count). The molecule has 1 atom stereocenters. The van der Waals surface area contributed by atoms with Crippen LogP contribution in [0.15, 0.2) is 47.8 Å². The smallest absolute Gasteiger partial charge is 0.281 e. The molecule has 204 valence electrons. The first kappa shape index (κ1) is 27.4. The second-order valence-electron chi connectivity index (χ2n) is 11.6. The minimum atomic E-state index is -4.26. The van der Waals surface area contributed by atoms with E-state index in [0.29, 0.717) is 36.5 Å². The zero-order valence-electron chi connectivity index (χ0n) is 22.6. The van der Waals surface area contributed by atoms with E-state index in [0.717, 1.165) is 6.42 Å². The van der Waals surface area contributed by atoms with Gasteiger partial charge in [-0.05, 0) is 55.9 Å². The van der Waals surface area contributed by atoms with Gasteiger partial charge in [-0.3, -0.25) is 4.79 Å². The van der Waals surface area contributed by atoms with Crippen LogP contribution in [0.4, 0.5) is 11.6 Å². The Hall–Kier alpha value is -3.67. The van der Waals surface area contributed by atoms with Crippen molar-refractivity contribution in [2.75, 3.05) is 23.8 Å². The highest BCUT2D eigenvalue weighted by atomic mass is 32.2. The molecule has 1 aliphatic rings. The van der Waals surface area contributed by atoms with Crippen molar-refractivity contribution < 1.29 is 17.9 Å². The number of nitrogens with two attached hydrogens (primary N) is 1. The van der Waals surface area contributed by atoms with Gasteiger partial charge in [-0.15, -0.1) is 0 Å². The minimum Gasteiger partial charge on any atom is -0.490 e. The molecule has 0 saturated carbocycles. The molecule has 1 fully saturated rings. The van der Waals surface area contributed by atoms with Crippen LogP contribution in [0.1, 0.15) is 58.3 Å². The molecule has 38 heavy (non-hydrogen) atoms. The van der Waals surface area contributed by atoms with Gasteiger partial charge in [0.2, 0.25) is 0 Å². The summed E-state index contributed by atoms with van der Waals surface area (Å²) in [6.07, 6.45) is 4.23. The van der Waals surface area contributed by atoms with E-state index in [-0.39, 0.29) is 27.4 Å². The van der Waals surface area contributed by atoms with Crippen molar-refractivity contribution >= 4 is 27.6 Å². The number of sulfonamides is 1. The van der Waals surface area contributed by atoms with Gasteiger partial charge in [0.1, 0.15) is 11.6 Å². The van der Waals surface area contributed by atoms with E-state index >= 15 is 0 Å². The summed E-state index contributed by atoms with van der Waals surface area (Å²) in [5.74, 6) is 1.02. The van der Waals surface area contributed by atoms with Gasteiger partial charge in [0.25, 0.3) is 15.9 Å². The van der Waals surface area contributed by atoms with Crippen molar-refractivity contribution in [3.8, 4) is 11.6 Å². The fourth-order valence-corrected chi connectivity index (χ4v) is 5.47. The number of carbonyl (C=O) groups is 1. The molecule has 3 aromatic heterocycles. The van der Waals surface area contributed by atoms with E-state index < -0.39 is 15.9 Å². The molecule has 0 spiro atoms. The Morgan fingerprint density at radius 2 is 1.95 bits per heavy atom. The summed E-state index contributed by atoms with van der Waals surface area (Å²) in [6, 6.07) is 7.38. The number of hydrogen-bond donors (Lipinski definition) is 2. The van der Waals surface area contributed by atoms with Gasteiger partial charge < -0.3 is 15.4 Å². The van der Waals surface area contributed by atoms with Crippen LogP contribution in [0.25, 0.3) is 5.82 Å². The zero-order chi connectivity index (χ0) is 27.9. The van der Waals surface area contributed by atoms with Gasteiger partial charge in [-0.2, -0.15) is 13.5 Å². The van der Waals surface area contributed by atoms with E-state index in [1.807, 2.05) is 4.90 Å². The lowest BCUT2D eigenvalue weighted by atomic mass is 9.97. The number of anilines is 2. The van der Waals surface area contributed by atoms with Crippen molar-refractivity contribution in [3.63, 3.8) is 0 Å². The summed E-state index contributed by atoms with van der Waals surface area (Å²) in [5, 5.41) is 4.04. The summed E-state index contributed by atoms with van der Waals surface area (Å²) in [7, 11) is -4.26. The van der Waals surface area contributed by atoms with Gasteiger partial charge in [-0.25, -0.2) is 19.4 Å². The third-order valence-corrected chi connectivity index (χ3v) is 7.38. The molecular weight excluding hydrogens is 506 g/mol. The summed E-state index contributed by atoms with van der Waals surface area (Å²) in [4.78, 5) is 24.0. The number of rotatable bonds is 7. The monoisotopic (exact) mass is 541 g/mol. The summed E-state index contributed by atoms with van der Waals surface area (Å²) in [5.41, 5.74) is 5.45. The quantitative estimate of drug-likeness (QED) is 0.459. The third-order valence-electron chi connectivity index (χ3n) is 6.15. The highest BCUT2D eigenvalue weighted by molar-refractivity contribution is 7.90. The number of nitrogens with zero attached hydrogens (tertiary/aromatic N) is 5. The molecule has 0 aliphatic carbocycles. The van der Waals surface area contributed by atoms with Crippen molar-refractivity contribution in [3.05, 3.63) is 48.3 Å². The Morgan fingerprint density at radius 1 is 1.21 bits per heavy atom. The first-order chi connectivity index (χ1) is 17.6. The van der Waals surface area contributed by atoms with Gasteiger partial charge >= 0.3 is 0 Å². The molecule has 12 heteroatoms. The average molecular weight is 542 g/mol. The molecule has 1 aliphatic heterocycles. The fourth-order valence-electron chi connectivity index (χ4n) is 4.52. The van der Waals surface area contributed by atoms with E-state index in [2.05, 4.69) is 56.3 Å². The predicted octanol–water partition coefficient (Wildman–Crippen LogP) is 3.41. The Bertz CT molecular complexity index is 1440. The first-order valence-corrected chi connectivity index (χ1v) is 13.9. The number of nitrogens with one attached hydrogen (secondary N) is 1. The topological polar surface area (TPSA) is 145 Å². The highest BCUT2D eigenvalue weighted by Crippen LogP contribution is 2.37. The standard InChI is InChI=1S/C26H35N7O4S/c1-17-12-26(5,6)32(14-17)23-19(24(34)31-38(35,36)22-9-7-8-20(27)29-22)10-11-21(30-23)33-15-18(13-28-33)37-16-25(2,3)4/h7-11,13,15,17H,12,14,16H2,1-6H3,(H2,27,29)(H,31,34)/t17-/m0/s1. The number of pyridine rings is 2. The number of carbonyl (C=O) groups excluding carboxylic acids is 1. The van der Waals surface area contributed by atoms with Crippen molar-refractivity contribution in [1.29, 1.82) is 0 Å². The largest absolute Gasteiger partial charge is 0.490 e. The molecule has 0 bridgehead atoms. The third kappa shape index (κ3) is 6.07. The van der Waals surface area contributed by atoms with Gasteiger partial charge in [0.05, 0.1) is 24.6 Å². The molecule has 0 aromatic carbocycles. The molecule has 11 nitrogen and oxygen atoms in total. The van der Waals surface area contributed by atoms with E-state index in [4.69, 9.17) is 15.5 Å². The summed E-state index contributed by atoms with van der Waals surface area (Å²) < 4.78 is 35.3. The summed E-state index contributed by atoms with van der Waals surface area (Å²) >= 11 is 0. The number of nitrogen functional groups attached to an aromatic ring is 1. The maximum Gasteiger partial charge on any atom is 0.281 e. The van der Waals surface area contributed by atoms with Crippen LogP contribution in [-0.4, -0.2) is 52.8 Å². The van der Waals surface area contributed by atoms with Gasteiger partial charge in [-0.1, -0.05) is 33.8 Å². The van der Waals surface area contributed by atoms with Gasteiger partial charge in [0, 0.05) is 12.1 Å². The Balaban J connectivity index is 1.70. The Kier molecular flexibility index (Phi) is 7.13. The van der Waals surface area contributed by atoms with Crippen molar-refractivity contribution in [2.45, 2.75) is 58.5 Å². The molecule has 4 heterocycles. The van der Waals surface area contributed by atoms with Crippen molar-refractivity contribution in [1.82, 2.24) is 24.5 Å². The fraction of sp³-hybridized carbons (Fsp3) is 0.462. The number of aromatic nitrogens is 4. The molecule has 3 aromatic rings. The lowest BCUT2D eigenvalue weighted by Crippen LogP contribution is -2.41. The number of hydrogen-bond acceptors (Lipinski definition) is 9. The lowest BCUT2D eigenvalue weighted by molar-refractivity contribution is 0.0981. The molecule has 0 radical (unpaired) electrons. The SMILES string of the molecule is C[C@@H]1CN(c2nc(-n3cc(OCC(C)(C)C)cn3)ccc2C(=O)NS(=O)(=O)c2cccc(N)n2)C(C)(C)C1. The van der Waals surface area contributed by atoms with E-state index in [1.54, 1.807) is 29.2 Å². The van der Waals surface area contributed by atoms with Crippen LogP contribution >= 0.6 is 0 Å². The molecule has 1 amide bonds. The first-order valence-electron chi connectivity index (χ1n) is 12.4. The van der Waals surface area contributed by atoms with Crippen LogP contribution in [0, 0.1) is 11.3 Å². The number of ether oxygens (including phenoxy) is 1. The second kappa shape index (κ2) is 9.90. The Labute approximate surface area is 223 Å². The molecule has 1 saturated heterocycles. The van der Waals surface area contributed by atoms with Gasteiger partial charge in [0.15, 0.2) is 16.6 Å². The summed E-state index contributed by atoms with van der Waals surface area (Å²) in [6.45, 7) is 13.7. The highest BCUT2D eigenvalue weighted by Gasteiger charge is 2.39. The zero-order valence-corrected chi connectivity index (χ0v) is 23.4. The Morgan fingerprint density at radius 3 is 2.58 bits per heavy atom. The molecule has 0 unspecified atom stereocenters. The van der Waals surface area contributed by atoms with Crippen LogP contribution < -0.4 is 20.1 Å². The second-order valence-corrected chi connectivity index (χ2v) is 13.2. The minimum absolute atomic E-state index is 0.0120. The lowest BCUT2D eigenvalue weighted by Gasteiger charge is -2.34. The maximum atomic E-state index is 13.4. The van der Waals surface area contributed by atoms with Crippen LogP contribution in [0.2, 0.25) is 0 Å². The van der Waals surface area contributed by atoms with Crippen LogP contribution in [0.3, 0.4) is 0 Å². The average Bonchev–Trinajstić information content (AvgIpc) is 3.39. The van der Waals surface area contributed by atoms with E-state index in [1.165, 1.54) is 18.2 Å².